The van der Waals surface area contributed by atoms with E-state index < -0.39 is 19.0 Å². The van der Waals surface area contributed by atoms with Crippen molar-refractivity contribution < 1.29 is 28.3 Å². The van der Waals surface area contributed by atoms with Gasteiger partial charge in [0, 0.05) is 30.1 Å². The quantitative estimate of drug-likeness (QED) is 0.351. The summed E-state index contributed by atoms with van der Waals surface area (Å²) in [6, 6.07) is 6.69. The second kappa shape index (κ2) is 10.2. The number of carbonyl (C=O) groups excluding carboxylic acids is 1. The lowest BCUT2D eigenvalue weighted by Crippen LogP contribution is -2.36. The first kappa shape index (κ1) is 25.0. The lowest BCUT2D eigenvalue weighted by Gasteiger charge is -2.33. The van der Waals surface area contributed by atoms with Crippen molar-refractivity contribution in [3.05, 3.63) is 58.3 Å². The van der Waals surface area contributed by atoms with Crippen molar-refractivity contribution in [3.63, 3.8) is 0 Å². The second-order valence-electron chi connectivity index (χ2n) is 8.60. The number of pyridine rings is 1. The van der Waals surface area contributed by atoms with Crippen LogP contribution in [0.3, 0.4) is 0 Å². The van der Waals surface area contributed by atoms with Gasteiger partial charge in [-0.15, -0.1) is 0 Å². The predicted octanol–water partition coefficient (Wildman–Crippen LogP) is 2.61. The number of benzene rings is 1. The summed E-state index contributed by atoms with van der Waals surface area (Å²) in [4.78, 5) is 50.8. The van der Waals surface area contributed by atoms with Crippen LogP contribution in [0.2, 0.25) is 0 Å². The molecule has 1 fully saturated rings. The molecule has 0 saturated carbocycles. The number of piperidine rings is 1. The maximum Gasteiger partial charge on any atom is 0.325 e. The van der Waals surface area contributed by atoms with Gasteiger partial charge in [-0.1, -0.05) is 0 Å². The Hall–Kier alpha value is -3.14. The summed E-state index contributed by atoms with van der Waals surface area (Å²) < 4.78 is 30.8. The van der Waals surface area contributed by atoms with Crippen LogP contribution in [0.15, 0.2) is 41.3 Å². The lowest BCUT2D eigenvalue weighted by atomic mass is 9.94. The van der Waals surface area contributed by atoms with Gasteiger partial charge in [0.2, 0.25) is 5.88 Å². The largest absolute Gasteiger partial charge is 0.481 e. The molecule has 0 atom stereocenters. The molecule has 2 N–H and O–H groups in total. The Balaban J connectivity index is 1.62. The highest BCUT2D eigenvalue weighted by atomic mass is 31.2. The van der Waals surface area contributed by atoms with Crippen LogP contribution in [0.4, 0.5) is 10.2 Å². The number of aromatic nitrogens is 3. The summed E-state index contributed by atoms with van der Waals surface area (Å²) in [5.74, 6) is 0.0635. The van der Waals surface area contributed by atoms with Crippen molar-refractivity contribution in [3.8, 4) is 5.88 Å². The number of rotatable bonds is 8. The fourth-order valence-corrected chi connectivity index (χ4v) is 4.96. The first-order chi connectivity index (χ1) is 16.6. The summed E-state index contributed by atoms with van der Waals surface area (Å²) in [5.41, 5.74) is -0.211. The highest BCUT2D eigenvalue weighted by Gasteiger charge is 2.26. The first-order valence-corrected chi connectivity index (χ1v) is 13.0. The van der Waals surface area contributed by atoms with Crippen molar-refractivity contribution in [1.29, 1.82) is 0 Å². The highest BCUT2D eigenvalue weighted by molar-refractivity contribution is 7.51. The number of hydrogen-bond acceptors (Lipinski definition) is 7. The predicted molar refractivity (Wildman–Crippen MR) is 128 cm³/mol. The van der Waals surface area contributed by atoms with Crippen molar-refractivity contribution in [2.45, 2.75) is 25.8 Å². The number of anilines is 1. The van der Waals surface area contributed by atoms with Crippen molar-refractivity contribution >= 4 is 30.0 Å². The average Bonchev–Trinajstić information content (AvgIpc) is 2.84. The summed E-state index contributed by atoms with van der Waals surface area (Å²) in [7, 11) is -2.56. The molecule has 1 aromatic carbocycles. The summed E-state index contributed by atoms with van der Waals surface area (Å²) in [5, 5.41) is 4.97. The zero-order valence-corrected chi connectivity index (χ0v) is 20.0. The summed E-state index contributed by atoms with van der Waals surface area (Å²) in [6.07, 6.45) is 3.17. The van der Waals surface area contributed by atoms with Gasteiger partial charge < -0.3 is 19.4 Å². The Bertz CT molecular complexity index is 1330. The number of ether oxygens (including phenoxy) is 1. The van der Waals surface area contributed by atoms with E-state index in [1.807, 2.05) is 4.90 Å². The van der Waals surface area contributed by atoms with Gasteiger partial charge in [-0.2, -0.15) is 10.1 Å². The van der Waals surface area contributed by atoms with Crippen LogP contribution in [0.5, 0.6) is 5.88 Å². The van der Waals surface area contributed by atoms with E-state index in [1.54, 1.807) is 6.07 Å². The number of Topliss-reactive ketones (excluding diaryl/α,β-unsaturated/α-hetero) is 1. The molecule has 12 heteroatoms. The second-order valence-corrected chi connectivity index (χ2v) is 10.4. The molecule has 35 heavy (non-hydrogen) atoms. The maximum atomic E-state index is 13.4. The normalized spacial score (nSPS) is 14.9. The topological polar surface area (TPSA) is 135 Å². The van der Waals surface area contributed by atoms with Gasteiger partial charge in [0.05, 0.1) is 24.9 Å². The lowest BCUT2D eigenvalue weighted by molar-refractivity contribution is 0.0966. The molecule has 3 heterocycles. The van der Waals surface area contributed by atoms with Crippen LogP contribution >= 0.6 is 7.60 Å². The Labute approximate surface area is 200 Å². The van der Waals surface area contributed by atoms with E-state index >= 15 is 0 Å². The molecule has 1 aliphatic heterocycles. The van der Waals surface area contributed by atoms with E-state index in [9.17, 15) is 18.5 Å². The smallest absolute Gasteiger partial charge is 0.325 e. The van der Waals surface area contributed by atoms with E-state index in [1.165, 1.54) is 37.6 Å². The SMILES string of the molecule is COc1cc2cnn(CC(=O)c3ccc(F)cc3)c(=O)c2c(N2CCC(CCP(=O)(O)O)CC2)n1. The number of hydrogen-bond donors (Lipinski definition) is 2. The van der Waals surface area contributed by atoms with E-state index in [0.717, 1.165) is 4.68 Å². The number of ketones is 1. The first-order valence-electron chi connectivity index (χ1n) is 11.2. The molecular formula is C23H26FN4O6P. The minimum absolute atomic E-state index is 0.142. The Kier molecular flexibility index (Phi) is 7.30. The standard InChI is InChI=1S/C23H26FN4O6P/c1-34-20-12-17-13-25-28(14-19(29)16-2-4-18(24)5-3-16)23(30)21(17)22(26-20)27-9-6-15(7-10-27)8-11-35(31,32)33/h2-5,12-13,15H,6-11,14H2,1H3,(H2,31,32,33). The molecule has 1 aliphatic rings. The number of carbonyl (C=O) groups is 1. The molecule has 3 aromatic rings. The Morgan fingerprint density at radius 1 is 1.23 bits per heavy atom. The molecule has 0 spiro atoms. The third-order valence-electron chi connectivity index (χ3n) is 6.20. The minimum atomic E-state index is -4.04. The average molecular weight is 504 g/mol. The number of methoxy groups -OCH3 is 1. The fraction of sp³-hybridized carbons (Fsp3) is 0.391. The molecule has 0 bridgehead atoms. The van der Waals surface area contributed by atoms with Gasteiger partial charge in [0.1, 0.15) is 18.2 Å². The molecule has 4 rings (SSSR count). The van der Waals surface area contributed by atoms with Crippen molar-refractivity contribution in [2.24, 2.45) is 5.92 Å². The Morgan fingerprint density at radius 3 is 2.54 bits per heavy atom. The van der Waals surface area contributed by atoms with Crippen LogP contribution in [0, 0.1) is 11.7 Å². The third kappa shape index (κ3) is 5.93. The van der Waals surface area contributed by atoms with Gasteiger partial charge >= 0.3 is 7.60 Å². The van der Waals surface area contributed by atoms with Gasteiger partial charge in [0.25, 0.3) is 5.56 Å². The zero-order valence-electron chi connectivity index (χ0n) is 19.1. The zero-order chi connectivity index (χ0) is 25.2. The van der Waals surface area contributed by atoms with Gasteiger partial charge in [0.15, 0.2) is 5.78 Å². The molecule has 0 unspecified atom stereocenters. The van der Waals surface area contributed by atoms with Gasteiger partial charge in [-0.05, 0) is 49.4 Å². The maximum absolute atomic E-state index is 13.4. The molecule has 10 nitrogen and oxygen atoms in total. The van der Waals surface area contributed by atoms with Crippen molar-refractivity contribution in [1.82, 2.24) is 14.8 Å². The monoisotopic (exact) mass is 504 g/mol. The van der Waals surface area contributed by atoms with Crippen LogP contribution in [0.25, 0.3) is 10.8 Å². The van der Waals surface area contributed by atoms with Crippen LogP contribution < -0.4 is 15.2 Å². The van der Waals surface area contributed by atoms with E-state index in [-0.39, 0.29) is 30.0 Å². The van der Waals surface area contributed by atoms with E-state index in [4.69, 9.17) is 14.5 Å². The summed E-state index contributed by atoms with van der Waals surface area (Å²) >= 11 is 0. The van der Waals surface area contributed by atoms with Crippen molar-refractivity contribution in [2.75, 3.05) is 31.3 Å². The molecule has 0 aliphatic carbocycles. The minimum Gasteiger partial charge on any atom is -0.481 e. The molecule has 1 saturated heterocycles. The number of halogens is 1. The molecule has 186 valence electrons. The molecule has 0 amide bonds. The van der Waals surface area contributed by atoms with E-state index in [2.05, 4.69) is 10.1 Å². The van der Waals surface area contributed by atoms with Crippen LogP contribution in [-0.2, 0) is 11.1 Å². The van der Waals surface area contributed by atoms with Gasteiger partial charge in [-0.25, -0.2) is 9.07 Å². The fourth-order valence-electron chi connectivity index (χ4n) is 4.25. The Morgan fingerprint density at radius 2 is 1.91 bits per heavy atom. The van der Waals surface area contributed by atoms with Gasteiger partial charge in [-0.3, -0.25) is 14.2 Å². The number of nitrogens with zero attached hydrogens (tertiary/aromatic N) is 4. The molecular weight excluding hydrogens is 478 g/mol. The highest BCUT2D eigenvalue weighted by Crippen LogP contribution is 2.38. The molecule has 0 radical (unpaired) electrons. The molecule has 2 aromatic heterocycles. The number of fused-ring (bicyclic) bond motifs is 1. The van der Waals surface area contributed by atoms with E-state index in [0.29, 0.717) is 54.8 Å². The summed E-state index contributed by atoms with van der Waals surface area (Å²) in [6.45, 7) is 0.797. The third-order valence-corrected chi connectivity index (χ3v) is 7.04. The van der Waals surface area contributed by atoms with Crippen LogP contribution in [0.1, 0.15) is 29.6 Å². The van der Waals surface area contributed by atoms with Crippen LogP contribution in [-0.4, -0.2) is 56.7 Å².